The first-order valence-corrected chi connectivity index (χ1v) is 3.41. The van der Waals surface area contributed by atoms with Crippen LogP contribution in [-0.4, -0.2) is 7.05 Å². The normalized spacial score (nSPS) is 9.09. The smallest absolute Gasteiger partial charge is 0.0991 e. The fourth-order valence-electron chi connectivity index (χ4n) is 0.867. The largest absolute Gasteiger partial charge is 0.661 e. The third-order valence-corrected chi connectivity index (χ3v) is 1.42. The Morgan fingerprint density at radius 2 is 2.00 bits per heavy atom. The summed E-state index contributed by atoms with van der Waals surface area (Å²) in [7, 11) is 1.78. The van der Waals surface area contributed by atoms with Crippen molar-refractivity contribution in [3.05, 3.63) is 40.7 Å². The summed E-state index contributed by atoms with van der Waals surface area (Å²) in [4.78, 5) is 0. The topological polar surface area (TPSA) is 37.9 Å². The highest BCUT2D eigenvalue weighted by atomic mass is 14.8. The zero-order chi connectivity index (χ0) is 8.10. The maximum atomic E-state index is 8.48. The zero-order valence-electron chi connectivity index (χ0n) is 6.41. The van der Waals surface area contributed by atoms with E-state index in [9.17, 15) is 0 Å². The highest BCUT2D eigenvalue weighted by Gasteiger charge is 1.87. The van der Waals surface area contributed by atoms with Crippen molar-refractivity contribution < 1.29 is 0 Å². The van der Waals surface area contributed by atoms with Crippen molar-refractivity contribution in [3.8, 4) is 6.07 Å². The number of hydrogen-bond donors (Lipinski definition) is 0. The van der Waals surface area contributed by atoms with Gasteiger partial charge in [-0.15, -0.1) is 6.54 Å². The summed E-state index contributed by atoms with van der Waals surface area (Å²) in [6, 6.07) is 9.52. The molecule has 2 heteroatoms. The lowest BCUT2D eigenvalue weighted by Gasteiger charge is -2.09. The number of hydrogen-bond acceptors (Lipinski definition) is 1. The molecule has 0 fully saturated rings. The molecule has 0 radical (unpaired) electrons. The van der Waals surface area contributed by atoms with Gasteiger partial charge in [-0.05, 0) is 12.1 Å². The molecule has 56 valence electrons. The number of benzene rings is 1. The first-order chi connectivity index (χ1) is 5.36. The molecule has 0 atom stereocenters. The molecule has 0 aromatic heterocycles. The van der Waals surface area contributed by atoms with E-state index >= 15 is 0 Å². The highest BCUT2D eigenvalue weighted by molar-refractivity contribution is 5.32. The van der Waals surface area contributed by atoms with E-state index in [1.54, 1.807) is 19.2 Å². The molecule has 0 N–H and O–H groups in total. The zero-order valence-corrected chi connectivity index (χ0v) is 6.41. The SMILES string of the molecule is C[N-]Cc1ccc(C#N)cc1. The predicted octanol–water partition coefficient (Wildman–Crippen LogP) is 2.06. The van der Waals surface area contributed by atoms with Gasteiger partial charge in [0.1, 0.15) is 0 Å². The number of nitrogens with zero attached hydrogens (tertiary/aromatic N) is 2. The standard InChI is InChI=1S/C9H9N2/c1-11-7-9-4-2-8(6-10)3-5-9/h2-5H,7H2,1H3/q-1. The minimum atomic E-state index is 0.699. The van der Waals surface area contributed by atoms with E-state index in [0.29, 0.717) is 5.56 Å². The molecule has 2 nitrogen and oxygen atoms in total. The van der Waals surface area contributed by atoms with Crippen LogP contribution >= 0.6 is 0 Å². The van der Waals surface area contributed by atoms with Crippen molar-refractivity contribution in [3.63, 3.8) is 0 Å². The molecule has 0 aliphatic carbocycles. The van der Waals surface area contributed by atoms with E-state index in [2.05, 4.69) is 11.4 Å². The summed E-state index contributed by atoms with van der Waals surface area (Å²) in [6.45, 7) is 0.728. The Bertz CT molecular complexity index is 256. The summed E-state index contributed by atoms with van der Waals surface area (Å²) in [5.74, 6) is 0. The molecule has 0 spiro atoms. The Kier molecular flexibility index (Phi) is 2.65. The third kappa shape index (κ3) is 2.06. The minimum Gasteiger partial charge on any atom is -0.661 e. The van der Waals surface area contributed by atoms with E-state index in [-0.39, 0.29) is 0 Å². The van der Waals surface area contributed by atoms with Gasteiger partial charge in [-0.3, -0.25) is 0 Å². The van der Waals surface area contributed by atoms with Gasteiger partial charge < -0.3 is 5.32 Å². The molecule has 1 aromatic rings. The van der Waals surface area contributed by atoms with Gasteiger partial charge in [0.25, 0.3) is 0 Å². The average molecular weight is 145 g/mol. The third-order valence-electron chi connectivity index (χ3n) is 1.42. The van der Waals surface area contributed by atoms with Crippen LogP contribution in [0.2, 0.25) is 0 Å². The quantitative estimate of drug-likeness (QED) is 0.627. The average Bonchev–Trinajstić information content (AvgIpc) is 2.07. The van der Waals surface area contributed by atoms with Crippen molar-refractivity contribution >= 4 is 0 Å². The van der Waals surface area contributed by atoms with Crippen molar-refractivity contribution in [2.24, 2.45) is 0 Å². The van der Waals surface area contributed by atoms with E-state index in [1.165, 1.54) is 0 Å². The molecule has 0 saturated heterocycles. The van der Waals surface area contributed by atoms with Crippen molar-refractivity contribution in [2.75, 3.05) is 7.05 Å². The van der Waals surface area contributed by atoms with Gasteiger partial charge in [0.2, 0.25) is 0 Å². The Hall–Kier alpha value is -1.33. The number of nitriles is 1. The molecule has 11 heavy (non-hydrogen) atoms. The number of rotatable bonds is 2. The van der Waals surface area contributed by atoms with E-state index < -0.39 is 0 Å². The monoisotopic (exact) mass is 145 g/mol. The Balaban J connectivity index is 2.76. The molecule has 0 unspecified atom stereocenters. The Labute approximate surface area is 66.5 Å². The van der Waals surface area contributed by atoms with Crippen molar-refractivity contribution in [2.45, 2.75) is 6.54 Å². The fourth-order valence-corrected chi connectivity index (χ4v) is 0.867. The summed E-state index contributed by atoms with van der Waals surface area (Å²) >= 11 is 0. The predicted molar refractivity (Wildman–Crippen MR) is 44.1 cm³/mol. The van der Waals surface area contributed by atoms with Crippen LogP contribution < -0.4 is 0 Å². The highest BCUT2D eigenvalue weighted by Crippen LogP contribution is 2.05. The molecular formula is C9H9N2-. The van der Waals surface area contributed by atoms with Gasteiger partial charge in [-0.2, -0.15) is 12.3 Å². The maximum Gasteiger partial charge on any atom is 0.0991 e. The molecule has 0 amide bonds. The van der Waals surface area contributed by atoms with Gasteiger partial charge in [0.05, 0.1) is 11.6 Å². The summed E-state index contributed by atoms with van der Waals surface area (Å²) in [5, 5.41) is 12.5. The summed E-state index contributed by atoms with van der Waals surface area (Å²) in [6.07, 6.45) is 0. The van der Waals surface area contributed by atoms with Crippen LogP contribution in [0.4, 0.5) is 0 Å². The summed E-state index contributed by atoms with van der Waals surface area (Å²) in [5.41, 5.74) is 1.84. The first-order valence-electron chi connectivity index (χ1n) is 3.41. The van der Waals surface area contributed by atoms with Gasteiger partial charge >= 0.3 is 0 Å². The molecule has 0 heterocycles. The van der Waals surface area contributed by atoms with Crippen LogP contribution in [0.25, 0.3) is 5.32 Å². The van der Waals surface area contributed by atoms with Crippen LogP contribution in [0, 0.1) is 11.3 Å². The van der Waals surface area contributed by atoms with Crippen LogP contribution in [0.3, 0.4) is 0 Å². The van der Waals surface area contributed by atoms with Gasteiger partial charge in [0.15, 0.2) is 0 Å². The van der Waals surface area contributed by atoms with Gasteiger partial charge in [-0.1, -0.05) is 17.7 Å². The van der Waals surface area contributed by atoms with Crippen LogP contribution in [0.15, 0.2) is 24.3 Å². The van der Waals surface area contributed by atoms with Crippen LogP contribution in [0.1, 0.15) is 11.1 Å². The molecule has 1 rings (SSSR count). The second-order valence-corrected chi connectivity index (χ2v) is 2.28. The lowest BCUT2D eigenvalue weighted by molar-refractivity contribution is 1.19. The summed E-state index contributed by atoms with van der Waals surface area (Å²) < 4.78 is 0. The molecule has 0 saturated carbocycles. The van der Waals surface area contributed by atoms with Crippen molar-refractivity contribution in [1.82, 2.24) is 0 Å². The Morgan fingerprint density at radius 3 is 2.45 bits per heavy atom. The first kappa shape index (κ1) is 7.77. The van der Waals surface area contributed by atoms with Crippen molar-refractivity contribution in [1.29, 1.82) is 5.26 Å². The van der Waals surface area contributed by atoms with Gasteiger partial charge in [-0.25, -0.2) is 0 Å². The minimum absolute atomic E-state index is 0.699. The fraction of sp³-hybridized carbons (Fsp3) is 0.222. The lowest BCUT2D eigenvalue weighted by atomic mass is 10.1. The van der Waals surface area contributed by atoms with Gasteiger partial charge in [0, 0.05) is 0 Å². The van der Waals surface area contributed by atoms with E-state index in [0.717, 1.165) is 12.1 Å². The molecule has 0 bridgehead atoms. The maximum absolute atomic E-state index is 8.48. The Morgan fingerprint density at radius 1 is 1.36 bits per heavy atom. The molecule has 1 aromatic carbocycles. The molecule has 0 aliphatic heterocycles. The van der Waals surface area contributed by atoms with E-state index in [4.69, 9.17) is 5.26 Å². The second-order valence-electron chi connectivity index (χ2n) is 2.28. The lowest BCUT2D eigenvalue weighted by Crippen LogP contribution is -1.81. The molecule has 0 aliphatic rings. The van der Waals surface area contributed by atoms with Crippen LogP contribution in [0.5, 0.6) is 0 Å². The second kappa shape index (κ2) is 3.75. The van der Waals surface area contributed by atoms with E-state index in [1.807, 2.05) is 12.1 Å². The molecular weight excluding hydrogens is 136 g/mol. The van der Waals surface area contributed by atoms with Crippen LogP contribution in [-0.2, 0) is 6.54 Å².